The number of nitrogens with one attached hydrogen (secondary N) is 2. The summed E-state index contributed by atoms with van der Waals surface area (Å²) in [6.45, 7) is 0. The first-order valence-electron chi connectivity index (χ1n) is 7.89. The van der Waals surface area contributed by atoms with Crippen molar-refractivity contribution >= 4 is 34.9 Å². The molecule has 0 bridgehead atoms. The summed E-state index contributed by atoms with van der Waals surface area (Å²) in [5, 5.41) is 18.6. The second-order valence-corrected chi connectivity index (χ2v) is 6.02. The smallest absolute Gasteiger partial charge is 0.276 e. The topological polar surface area (TPSA) is 99.8 Å². The number of aromatic nitrogens is 2. The van der Waals surface area contributed by atoms with Crippen LogP contribution in [0.4, 0.5) is 11.5 Å². The van der Waals surface area contributed by atoms with Gasteiger partial charge in [-0.3, -0.25) is 14.3 Å². The lowest BCUT2D eigenvalue weighted by Crippen LogP contribution is -2.14. The van der Waals surface area contributed by atoms with Gasteiger partial charge in [-0.1, -0.05) is 23.7 Å². The van der Waals surface area contributed by atoms with E-state index in [0.29, 0.717) is 27.7 Å². The Bertz CT molecular complexity index is 1050. The molecule has 1 aromatic heterocycles. The van der Waals surface area contributed by atoms with Gasteiger partial charge < -0.3 is 10.6 Å². The Morgan fingerprint density at radius 2 is 1.78 bits per heavy atom. The van der Waals surface area contributed by atoms with Crippen molar-refractivity contribution in [3.63, 3.8) is 0 Å². The molecular formula is C19H14ClN5O2. The molecule has 8 heteroatoms. The van der Waals surface area contributed by atoms with Gasteiger partial charge in [-0.25, -0.2) is 0 Å². The highest BCUT2D eigenvalue weighted by Gasteiger charge is 2.16. The van der Waals surface area contributed by atoms with Gasteiger partial charge in [0, 0.05) is 18.8 Å². The van der Waals surface area contributed by atoms with E-state index in [4.69, 9.17) is 16.9 Å². The lowest BCUT2D eigenvalue weighted by molar-refractivity contribution is 0.101. The van der Waals surface area contributed by atoms with E-state index >= 15 is 0 Å². The van der Waals surface area contributed by atoms with Crippen LogP contribution in [0.25, 0.3) is 0 Å². The third kappa shape index (κ3) is 4.14. The zero-order valence-corrected chi connectivity index (χ0v) is 15.0. The van der Waals surface area contributed by atoms with Crippen LogP contribution in [0.2, 0.25) is 5.02 Å². The normalized spacial score (nSPS) is 10.1. The molecule has 0 radical (unpaired) electrons. The third-order valence-corrected chi connectivity index (χ3v) is 4.07. The Balaban J connectivity index is 1.73. The number of amides is 2. The van der Waals surface area contributed by atoms with Gasteiger partial charge in [-0.05, 0) is 36.4 Å². The van der Waals surface area contributed by atoms with Gasteiger partial charge >= 0.3 is 0 Å². The van der Waals surface area contributed by atoms with E-state index in [9.17, 15) is 9.59 Å². The number of carbonyl (C=O) groups is 2. The maximum absolute atomic E-state index is 12.4. The average Bonchev–Trinajstić information content (AvgIpc) is 3.03. The van der Waals surface area contributed by atoms with Crippen molar-refractivity contribution in [1.29, 1.82) is 5.26 Å². The highest BCUT2D eigenvalue weighted by atomic mass is 35.5. The molecule has 2 N–H and O–H groups in total. The van der Waals surface area contributed by atoms with Crippen LogP contribution < -0.4 is 10.6 Å². The van der Waals surface area contributed by atoms with E-state index in [1.165, 1.54) is 10.7 Å². The maximum Gasteiger partial charge on any atom is 0.276 e. The van der Waals surface area contributed by atoms with Crippen LogP contribution in [-0.4, -0.2) is 21.6 Å². The average molecular weight is 380 g/mol. The quantitative estimate of drug-likeness (QED) is 0.725. The van der Waals surface area contributed by atoms with Gasteiger partial charge in [-0.15, -0.1) is 0 Å². The van der Waals surface area contributed by atoms with Crippen LogP contribution in [0.5, 0.6) is 0 Å². The molecule has 3 rings (SSSR count). The predicted octanol–water partition coefficient (Wildman–Crippen LogP) is 3.45. The van der Waals surface area contributed by atoms with Crippen LogP contribution in [0.3, 0.4) is 0 Å². The molecule has 0 spiro atoms. The minimum Gasteiger partial charge on any atom is -0.321 e. The van der Waals surface area contributed by atoms with Crippen molar-refractivity contribution in [3.05, 3.63) is 76.4 Å². The number of anilines is 2. The number of hydrogen-bond donors (Lipinski definition) is 2. The molecule has 3 aromatic rings. The van der Waals surface area contributed by atoms with Crippen LogP contribution in [-0.2, 0) is 7.05 Å². The largest absolute Gasteiger partial charge is 0.321 e. The minimum atomic E-state index is -0.437. The highest BCUT2D eigenvalue weighted by molar-refractivity contribution is 6.34. The second-order valence-electron chi connectivity index (χ2n) is 5.62. The zero-order valence-electron chi connectivity index (χ0n) is 14.2. The number of rotatable bonds is 4. The predicted molar refractivity (Wildman–Crippen MR) is 102 cm³/mol. The van der Waals surface area contributed by atoms with Gasteiger partial charge in [0.2, 0.25) is 0 Å². The first-order chi connectivity index (χ1) is 13.0. The van der Waals surface area contributed by atoms with E-state index in [1.807, 2.05) is 6.07 Å². The van der Waals surface area contributed by atoms with Gasteiger partial charge in [-0.2, -0.15) is 10.4 Å². The van der Waals surface area contributed by atoms with Crippen molar-refractivity contribution in [1.82, 2.24) is 9.78 Å². The Labute approximate surface area is 160 Å². The zero-order chi connectivity index (χ0) is 19.4. The lowest BCUT2D eigenvalue weighted by Gasteiger charge is -2.06. The number of nitriles is 1. The molecular weight excluding hydrogens is 366 g/mol. The van der Waals surface area contributed by atoms with Gasteiger partial charge in [0.15, 0.2) is 5.69 Å². The van der Waals surface area contributed by atoms with E-state index in [-0.39, 0.29) is 5.69 Å². The molecule has 0 saturated carbocycles. The van der Waals surface area contributed by atoms with Gasteiger partial charge in [0.25, 0.3) is 11.8 Å². The van der Waals surface area contributed by atoms with Crippen molar-refractivity contribution in [3.8, 4) is 6.07 Å². The van der Waals surface area contributed by atoms with E-state index < -0.39 is 11.8 Å². The number of aryl methyl sites for hydroxylation is 1. The monoisotopic (exact) mass is 379 g/mol. The van der Waals surface area contributed by atoms with Gasteiger partial charge in [0.05, 0.1) is 22.2 Å². The van der Waals surface area contributed by atoms with Crippen molar-refractivity contribution in [2.45, 2.75) is 0 Å². The number of nitrogens with zero attached hydrogens (tertiary/aromatic N) is 3. The first kappa shape index (κ1) is 18.2. The maximum atomic E-state index is 12.4. The van der Waals surface area contributed by atoms with Crippen LogP contribution in [0.15, 0.2) is 54.6 Å². The fourth-order valence-corrected chi connectivity index (χ4v) is 2.57. The molecule has 7 nitrogen and oxygen atoms in total. The molecule has 0 unspecified atom stereocenters. The summed E-state index contributed by atoms with van der Waals surface area (Å²) in [4.78, 5) is 24.7. The minimum absolute atomic E-state index is 0.135. The molecule has 0 saturated heterocycles. The van der Waals surface area contributed by atoms with Crippen molar-refractivity contribution in [2.24, 2.45) is 7.05 Å². The summed E-state index contributed by atoms with van der Waals surface area (Å²) >= 11 is 6.03. The third-order valence-electron chi connectivity index (χ3n) is 3.74. The summed E-state index contributed by atoms with van der Waals surface area (Å²) in [6, 6.07) is 16.6. The Kier molecular flexibility index (Phi) is 5.20. The van der Waals surface area contributed by atoms with Gasteiger partial charge in [0.1, 0.15) is 5.82 Å². The Morgan fingerprint density at radius 3 is 2.44 bits per heavy atom. The Morgan fingerprint density at radius 1 is 1.07 bits per heavy atom. The molecule has 134 valence electrons. The number of hydrogen-bond acceptors (Lipinski definition) is 4. The highest BCUT2D eigenvalue weighted by Crippen LogP contribution is 2.18. The lowest BCUT2D eigenvalue weighted by atomic mass is 10.2. The number of carbonyl (C=O) groups excluding carboxylic acids is 2. The van der Waals surface area contributed by atoms with Crippen molar-refractivity contribution < 1.29 is 9.59 Å². The fourth-order valence-electron chi connectivity index (χ4n) is 2.35. The summed E-state index contributed by atoms with van der Waals surface area (Å²) in [6.07, 6.45) is 0. The van der Waals surface area contributed by atoms with Crippen LogP contribution >= 0.6 is 11.6 Å². The number of benzene rings is 2. The molecule has 0 atom stereocenters. The summed E-state index contributed by atoms with van der Waals surface area (Å²) in [5.74, 6) is -0.485. The molecule has 2 amide bonds. The number of halogens is 1. The van der Waals surface area contributed by atoms with Crippen LogP contribution in [0.1, 0.15) is 26.4 Å². The van der Waals surface area contributed by atoms with Crippen molar-refractivity contribution in [2.75, 3.05) is 10.6 Å². The summed E-state index contributed by atoms with van der Waals surface area (Å²) < 4.78 is 1.39. The van der Waals surface area contributed by atoms with E-state index in [1.54, 1.807) is 55.6 Å². The Hall–Kier alpha value is -3.63. The molecule has 0 aliphatic rings. The molecule has 0 fully saturated rings. The second kappa shape index (κ2) is 7.72. The van der Waals surface area contributed by atoms with E-state index in [2.05, 4.69) is 15.7 Å². The molecule has 1 heterocycles. The SMILES string of the molecule is Cn1nc(C(=O)Nc2ccc(C#N)cc2)cc1NC(=O)c1ccccc1Cl. The van der Waals surface area contributed by atoms with Crippen LogP contribution in [0, 0.1) is 11.3 Å². The first-order valence-corrected chi connectivity index (χ1v) is 8.27. The molecule has 2 aromatic carbocycles. The summed E-state index contributed by atoms with van der Waals surface area (Å²) in [5.41, 5.74) is 1.49. The molecule has 0 aliphatic heterocycles. The fraction of sp³-hybridized carbons (Fsp3) is 0.0526. The van der Waals surface area contributed by atoms with E-state index in [0.717, 1.165) is 0 Å². The summed E-state index contributed by atoms with van der Waals surface area (Å²) in [7, 11) is 1.61. The standard InChI is InChI=1S/C19H14ClN5O2/c1-25-17(23-18(26)14-4-2-3-5-15(14)20)10-16(24-25)19(27)22-13-8-6-12(11-21)7-9-13/h2-10H,1H3,(H,22,27)(H,23,26). The molecule has 0 aliphatic carbocycles. The molecule has 27 heavy (non-hydrogen) atoms.